The van der Waals surface area contributed by atoms with Gasteiger partial charge in [-0.1, -0.05) is 96.8 Å². The molecule has 0 aliphatic rings. The fraction of sp³-hybridized carbons (Fsp3) is 0.913. The van der Waals surface area contributed by atoms with Crippen LogP contribution in [0.5, 0.6) is 0 Å². The predicted octanol–water partition coefficient (Wildman–Crippen LogP) is 6.06. The summed E-state index contributed by atoms with van der Waals surface area (Å²) in [5, 5.41) is 16.6. The smallest absolute Gasteiger partial charge is 0.329 e. The van der Waals surface area contributed by atoms with E-state index in [-0.39, 0.29) is 51.4 Å². The van der Waals surface area contributed by atoms with Gasteiger partial charge >= 0.3 is 11.9 Å². The number of methoxy groups -OCH3 is 1. The maximum absolute atomic E-state index is 10.3. The van der Waals surface area contributed by atoms with Crippen LogP contribution in [0.4, 0.5) is 0 Å². The Kier molecular flexibility index (Phi) is 43.5. The molecule has 0 saturated carbocycles. The van der Waals surface area contributed by atoms with Crippen LogP contribution in [0.25, 0.3) is 0 Å². The first-order valence-corrected chi connectivity index (χ1v) is 11.5. The van der Waals surface area contributed by atoms with E-state index in [9.17, 15) is 9.59 Å². The number of hydrogen-bond acceptors (Lipinski definition) is 4. The van der Waals surface area contributed by atoms with Crippen molar-refractivity contribution in [3.05, 3.63) is 0 Å². The molecule has 196 valence electrons. The maximum Gasteiger partial charge on any atom is 0.329 e. The van der Waals surface area contributed by atoms with Crippen molar-refractivity contribution in [1.82, 2.24) is 0 Å². The molecule has 0 atom stereocenters. The molecule has 0 fully saturated rings. The molecule has 0 aliphatic heterocycles. The van der Waals surface area contributed by atoms with Gasteiger partial charge in [0.2, 0.25) is 0 Å². The van der Waals surface area contributed by atoms with Gasteiger partial charge in [-0.15, -0.1) is 0 Å². The third kappa shape index (κ3) is 44.7. The fourth-order valence-electron chi connectivity index (χ4n) is 2.95. The molecule has 0 aromatic carbocycles. The molecule has 6 nitrogen and oxygen atoms in total. The first-order chi connectivity index (χ1) is 14.0. The van der Waals surface area contributed by atoms with E-state index < -0.39 is 11.9 Å². The van der Waals surface area contributed by atoms with Crippen molar-refractivity contribution in [1.29, 1.82) is 0 Å². The Balaban J connectivity index is -0.000000282. The number of ether oxygens (including phenoxy) is 2. The monoisotopic (exact) mass is 632 g/mol. The van der Waals surface area contributed by atoms with E-state index in [2.05, 4.69) is 16.4 Å². The van der Waals surface area contributed by atoms with E-state index >= 15 is 0 Å². The summed E-state index contributed by atoms with van der Waals surface area (Å²) in [4.78, 5) is 20.1. The Morgan fingerprint density at radius 3 is 1.32 bits per heavy atom. The van der Waals surface area contributed by atoms with Gasteiger partial charge in [0.05, 0.1) is 13.2 Å². The molecule has 0 spiro atoms. The minimum atomic E-state index is -0.953. The first kappa shape index (κ1) is 38.6. The van der Waals surface area contributed by atoms with Crippen LogP contribution < -0.4 is 0 Å². The molecular weight excluding hydrogens is 588 g/mol. The number of unbranched alkanes of at least 4 members (excludes halogenated alkanes) is 14. The van der Waals surface area contributed by atoms with Crippen molar-refractivity contribution in [2.24, 2.45) is 0 Å². The van der Waals surface area contributed by atoms with Crippen LogP contribution >= 0.6 is 0 Å². The van der Waals surface area contributed by atoms with Crippen LogP contribution in [0.2, 0.25) is 0 Å². The van der Waals surface area contributed by atoms with Gasteiger partial charge in [-0.25, -0.2) is 4.79 Å². The quantitative estimate of drug-likeness (QED) is 0.118. The zero-order valence-corrected chi connectivity index (χ0v) is 22.5. The normalized spacial score (nSPS) is 9.74. The molecule has 0 aliphatic carbocycles. The number of carboxylic acid groups (broad SMARTS) is 2. The molecule has 2 N–H and O–H groups in total. The van der Waals surface area contributed by atoms with Gasteiger partial charge in [0.25, 0.3) is 0 Å². The molecular formula is C23H46Ag2O6. The van der Waals surface area contributed by atoms with Crippen LogP contribution in [0.15, 0.2) is 0 Å². The van der Waals surface area contributed by atoms with Gasteiger partial charge in [-0.2, -0.15) is 0 Å². The Bertz CT molecular complexity index is 357. The SMILES string of the molecule is CCCCCCCCCCCCCCCCCC(=O)O.COCCOCC(=O)O.[Ag].[Ag]. The van der Waals surface area contributed by atoms with E-state index in [1.807, 2.05) is 0 Å². The molecule has 8 heteroatoms. The Hall–Kier alpha value is 0.341. The summed E-state index contributed by atoms with van der Waals surface area (Å²) >= 11 is 0. The average molecular weight is 634 g/mol. The molecule has 0 aromatic rings. The Morgan fingerprint density at radius 2 is 1.00 bits per heavy atom. The van der Waals surface area contributed by atoms with Crippen LogP contribution in [0, 0.1) is 0 Å². The van der Waals surface area contributed by atoms with Crippen LogP contribution in [0.3, 0.4) is 0 Å². The summed E-state index contributed by atoms with van der Waals surface area (Å²) in [6, 6.07) is 0. The van der Waals surface area contributed by atoms with Gasteiger partial charge in [0.1, 0.15) is 6.61 Å². The number of carbonyl (C=O) groups is 2. The van der Waals surface area contributed by atoms with Gasteiger partial charge in [0.15, 0.2) is 0 Å². The van der Waals surface area contributed by atoms with Crippen LogP contribution in [-0.4, -0.2) is 49.1 Å². The summed E-state index contributed by atoms with van der Waals surface area (Å²) in [5.41, 5.74) is 0. The minimum Gasteiger partial charge on any atom is -0.481 e. The van der Waals surface area contributed by atoms with Gasteiger partial charge in [-0.05, 0) is 6.42 Å². The van der Waals surface area contributed by atoms with Crippen LogP contribution in [0.1, 0.15) is 110 Å². The van der Waals surface area contributed by atoms with Crippen molar-refractivity contribution >= 4 is 11.9 Å². The molecule has 0 unspecified atom stereocenters. The molecule has 0 bridgehead atoms. The summed E-state index contributed by atoms with van der Waals surface area (Å²) in [6.45, 7) is 2.80. The van der Waals surface area contributed by atoms with Crippen molar-refractivity contribution in [3.63, 3.8) is 0 Å². The topological polar surface area (TPSA) is 93.1 Å². The second-order valence-corrected chi connectivity index (χ2v) is 7.53. The molecule has 0 heterocycles. The molecule has 31 heavy (non-hydrogen) atoms. The van der Waals surface area contributed by atoms with Crippen molar-refractivity contribution < 1.29 is 74.0 Å². The minimum absolute atomic E-state index is 0. The fourth-order valence-corrected chi connectivity index (χ4v) is 2.95. The van der Waals surface area contributed by atoms with Crippen molar-refractivity contribution in [2.45, 2.75) is 110 Å². The van der Waals surface area contributed by atoms with Crippen molar-refractivity contribution in [2.75, 3.05) is 26.9 Å². The molecule has 0 amide bonds. The standard InChI is InChI=1S/C18H36O2.C5H10O4.2Ag/c1-2-3-4-5-6-7-8-9-10-11-12-13-14-15-16-17-18(19)20;1-8-2-3-9-4-5(6)7;;/h2-17H2,1H3,(H,19,20);2-4H2,1H3,(H,6,7);;. The third-order valence-corrected chi connectivity index (χ3v) is 4.65. The van der Waals surface area contributed by atoms with Gasteiger partial charge in [-0.3, -0.25) is 4.79 Å². The summed E-state index contributed by atoms with van der Waals surface area (Å²) in [6.07, 6.45) is 20.2. The van der Waals surface area contributed by atoms with E-state index in [0.717, 1.165) is 12.8 Å². The number of carboxylic acids is 2. The number of rotatable bonds is 21. The second kappa shape index (κ2) is 34.9. The zero-order chi connectivity index (χ0) is 22.0. The summed E-state index contributed by atoms with van der Waals surface area (Å²) in [7, 11) is 1.53. The maximum atomic E-state index is 10.3. The van der Waals surface area contributed by atoms with E-state index in [1.54, 1.807) is 0 Å². The molecule has 0 saturated heterocycles. The first-order valence-electron chi connectivity index (χ1n) is 11.5. The van der Waals surface area contributed by atoms with E-state index in [4.69, 9.17) is 10.2 Å². The number of hydrogen-bond donors (Lipinski definition) is 2. The van der Waals surface area contributed by atoms with Gasteiger partial charge in [0, 0.05) is 58.3 Å². The second-order valence-electron chi connectivity index (χ2n) is 7.53. The zero-order valence-electron chi connectivity index (χ0n) is 19.6. The predicted molar refractivity (Wildman–Crippen MR) is 118 cm³/mol. The summed E-state index contributed by atoms with van der Waals surface area (Å²) in [5.74, 6) is -1.61. The summed E-state index contributed by atoms with van der Waals surface area (Å²) < 4.78 is 9.22. The third-order valence-electron chi connectivity index (χ3n) is 4.65. The number of aliphatic carboxylic acids is 2. The largest absolute Gasteiger partial charge is 0.481 e. The van der Waals surface area contributed by atoms with E-state index in [0.29, 0.717) is 19.6 Å². The Labute approximate surface area is 221 Å². The average Bonchev–Trinajstić information content (AvgIpc) is 2.68. The molecule has 0 aromatic heterocycles. The van der Waals surface area contributed by atoms with Gasteiger partial charge < -0.3 is 19.7 Å². The van der Waals surface area contributed by atoms with Crippen LogP contribution in [-0.2, 0) is 63.8 Å². The Morgan fingerprint density at radius 1 is 0.613 bits per heavy atom. The van der Waals surface area contributed by atoms with Crippen molar-refractivity contribution in [3.8, 4) is 0 Å². The molecule has 2 radical (unpaired) electrons. The van der Waals surface area contributed by atoms with E-state index in [1.165, 1.54) is 90.6 Å². The molecule has 0 rings (SSSR count).